The number of carbonyl (C=O) groups excluding carboxylic acids is 1. The zero-order chi connectivity index (χ0) is 15.5. The molecule has 1 unspecified atom stereocenters. The van der Waals surface area contributed by atoms with E-state index in [-0.39, 0.29) is 5.91 Å². The molecule has 1 saturated heterocycles. The van der Waals surface area contributed by atoms with Crippen LogP contribution in [-0.4, -0.2) is 19.0 Å². The van der Waals surface area contributed by atoms with Crippen molar-refractivity contribution in [3.05, 3.63) is 16.0 Å². The largest absolute Gasteiger partial charge is 0.317 e. The maximum atomic E-state index is 12.4. The summed E-state index contributed by atoms with van der Waals surface area (Å²) in [5, 5.41) is 7.71. The van der Waals surface area contributed by atoms with E-state index in [1.165, 1.54) is 54.5 Å². The van der Waals surface area contributed by atoms with Gasteiger partial charge in [0.2, 0.25) is 5.91 Å². The van der Waals surface area contributed by atoms with Gasteiger partial charge in [-0.1, -0.05) is 6.92 Å². The summed E-state index contributed by atoms with van der Waals surface area (Å²) in [5.74, 6) is 1.38. The lowest BCUT2D eigenvalue weighted by molar-refractivity contribution is -0.117. The van der Waals surface area contributed by atoms with Gasteiger partial charge in [-0.2, -0.15) is 0 Å². The second-order valence-electron chi connectivity index (χ2n) is 6.98. The van der Waals surface area contributed by atoms with Crippen LogP contribution in [0.5, 0.6) is 0 Å². The quantitative estimate of drug-likeness (QED) is 0.883. The summed E-state index contributed by atoms with van der Waals surface area (Å²) in [6, 6.07) is 0. The van der Waals surface area contributed by atoms with Gasteiger partial charge in [0.05, 0.1) is 5.00 Å². The molecule has 1 aromatic rings. The van der Waals surface area contributed by atoms with Gasteiger partial charge < -0.3 is 10.6 Å². The minimum absolute atomic E-state index is 0.202. The molecule has 2 N–H and O–H groups in total. The predicted molar refractivity (Wildman–Crippen MR) is 93.7 cm³/mol. The Balaban J connectivity index is 1.58. The van der Waals surface area contributed by atoms with Crippen molar-refractivity contribution in [2.45, 2.75) is 58.8 Å². The molecule has 1 atom stereocenters. The van der Waals surface area contributed by atoms with Crippen LogP contribution in [0.25, 0.3) is 0 Å². The fourth-order valence-electron chi connectivity index (χ4n) is 3.89. The second kappa shape index (κ2) is 7.14. The van der Waals surface area contributed by atoms with Gasteiger partial charge in [0, 0.05) is 11.3 Å². The fraction of sp³-hybridized carbons (Fsp3) is 0.722. The summed E-state index contributed by atoms with van der Waals surface area (Å²) in [6.45, 7) is 6.62. The molecule has 3 nitrogen and oxygen atoms in total. The summed E-state index contributed by atoms with van der Waals surface area (Å²) in [5.41, 5.74) is 2.83. The molecule has 22 heavy (non-hydrogen) atoms. The van der Waals surface area contributed by atoms with Crippen molar-refractivity contribution in [3.8, 4) is 0 Å². The number of aryl methyl sites for hydroxylation is 1. The van der Waals surface area contributed by atoms with Crippen molar-refractivity contribution in [2.75, 3.05) is 18.4 Å². The van der Waals surface area contributed by atoms with Crippen LogP contribution in [-0.2, 0) is 17.6 Å². The van der Waals surface area contributed by atoms with Crippen LogP contribution < -0.4 is 10.6 Å². The zero-order valence-electron chi connectivity index (χ0n) is 13.8. The van der Waals surface area contributed by atoms with Crippen LogP contribution >= 0.6 is 11.3 Å². The number of thiophene rings is 1. The highest BCUT2D eigenvalue weighted by Crippen LogP contribution is 2.37. The van der Waals surface area contributed by atoms with Crippen LogP contribution in [0.3, 0.4) is 0 Å². The van der Waals surface area contributed by atoms with Crippen molar-refractivity contribution < 1.29 is 4.79 Å². The minimum atomic E-state index is 0.202. The van der Waals surface area contributed by atoms with Gasteiger partial charge >= 0.3 is 0 Å². The van der Waals surface area contributed by atoms with Gasteiger partial charge in [-0.15, -0.1) is 11.3 Å². The molecule has 0 aromatic carbocycles. The van der Waals surface area contributed by atoms with Gasteiger partial charge in [0.15, 0.2) is 0 Å². The van der Waals surface area contributed by atoms with Crippen LogP contribution in [0.1, 0.15) is 55.0 Å². The number of nitrogens with one attached hydrogen (secondary N) is 2. The first kappa shape index (κ1) is 16.0. The summed E-state index contributed by atoms with van der Waals surface area (Å²) in [4.78, 5) is 13.9. The van der Waals surface area contributed by atoms with E-state index >= 15 is 0 Å². The lowest BCUT2D eigenvalue weighted by atomic mass is 9.84. The molecule has 1 fully saturated rings. The second-order valence-corrected chi connectivity index (χ2v) is 8.09. The molecule has 4 heteroatoms. The van der Waals surface area contributed by atoms with E-state index in [0.717, 1.165) is 18.1 Å². The highest BCUT2D eigenvalue weighted by Gasteiger charge is 2.23. The fourth-order valence-corrected chi connectivity index (χ4v) is 5.21. The Hall–Kier alpha value is -0.870. The molecule has 1 amide bonds. The van der Waals surface area contributed by atoms with Gasteiger partial charge in [-0.05, 0) is 81.5 Å². The summed E-state index contributed by atoms with van der Waals surface area (Å²) < 4.78 is 0. The SMILES string of the molecule is Cc1c(NC(=O)CC(C)C2CCNCC2)sc2c1CCCC2. The molecule has 0 saturated carbocycles. The number of hydrogen-bond donors (Lipinski definition) is 2. The molecule has 0 bridgehead atoms. The maximum Gasteiger partial charge on any atom is 0.225 e. The average molecular weight is 321 g/mol. The summed E-state index contributed by atoms with van der Waals surface area (Å²) in [6.07, 6.45) is 8.06. The predicted octanol–water partition coefficient (Wildman–Crippen LogP) is 3.90. The van der Waals surface area contributed by atoms with Crippen LogP contribution in [0, 0.1) is 18.8 Å². The lowest BCUT2D eigenvalue weighted by Crippen LogP contribution is -2.32. The van der Waals surface area contributed by atoms with Crippen LogP contribution in [0.4, 0.5) is 5.00 Å². The summed E-state index contributed by atoms with van der Waals surface area (Å²) >= 11 is 1.81. The first-order valence-electron chi connectivity index (χ1n) is 8.77. The van der Waals surface area contributed by atoms with E-state index in [4.69, 9.17) is 0 Å². The molecule has 1 aromatic heterocycles. The topological polar surface area (TPSA) is 41.1 Å². The first-order chi connectivity index (χ1) is 10.6. The van der Waals surface area contributed by atoms with Gasteiger partial charge in [0.25, 0.3) is 0 Å². The Morgan fingerprint density at radius 3 is 2.77 bits per heavy atom. The van der Waals surface area contributed by atoms with E-state index < -0.39 is 0 Å². The molecule has 122 valence electrons. The van der Waals surface area contributed by atoms with Crippen molar-refractivity contribution in [1.29, 1.82) is 0 Å². The van der Waals surface area contributed by atoms with Crippen molar-refractivity contribution >= 4 is 22.2 Å². The standard InChI is InChI=1S/C18H28N2OS/c1-12(14-7-9-19-10-8-14)11-17(21)20-18-13(2)15-5-3-4-6-16(15)22-18/h12,14,19H,3-11H2,1-2H3,(H,20,21). The lowest BCUT2D eigenvalue weighted by Gasteiger charge is -2.27. The minimum Gasteiger partial charge on any atom is -0.317 e. The molecule has 3 rings (SSSR count). The summed E-state index contributed by atoms with van der Waals surface area (Å²) in [7, 11) is 0. The third-order valence-corrected chi connectivity index (χ3v) is 6.69. The molecule has 0 radical (unpaired) electrons. The molecule has 1 aliphatic carbocycles. The number of piperidine rings is 1. The van der Waals surface area contributed by atoms with Crippen molar-refractivity contribution in [1.82, 2.24) is 5.32 Å². The van der Waals surface area contributed by atoms with Gasteiger partial charge in [0.1, 0.15) is 0 Å². The highest BCUT2D eigenvalue weighted by atomic mass is 32.1. The Labute approximate surface area is 137 Å². The number of fused-ring (bicyclic) bond motifs is 1. The molecule has 2 heterocycles. The number of rotatable bonds is 4. The van der Waals surface area contributed by atoms with Gasteiger partial charge in [-0.3, -0.25) is 4.79 Å². The normalized spacial score (nSPS) is 20.5. The van der Waals surface area contributed by atoms with Crippen molar-refractivity contribution in [3.63, 3.8) is 0 Å². The smallest absolute Gasteiger partial charge is 0.225 e. The van der Waals surface area contributed by atoms with E-state index in [2.05, 4.69) is 24.5 Å². The Morgan fingerprint density at radius 2 is 2.05 bits per heavy atom. The van der Waals surface area contributed by atoms with Crippen LogP contribution in [0.2, 0.25) is 0 Å². The first-order valence-corrected chi connectivity index (χ1v) is 9.58. The Morgan fingerprint density at radius 1 is 1.32 bits per heavy atom. The molecular weight excluding hydrogens is 292 g/mol. The third kappa shape index (κ3) is 3.54. The van der Waals surface area contributed by atoms with E-state index in [9.17, 15) is 4.79 Å². The molecular formula is C18H28N2OS. The molecule has 2 aliphatic rings. The number of hydrogen-bond acceptors (Lipinski definition) is 3. The number of anilines is 1. The zero-order valence-corrected chi connectivity index (χ0v) is 14.7. The highest BCUT2D eigenvalue weighted by molar-refractivity contribution is 7.16. The monoisotopic (exact) mass is 320 g/mol. The van der Waals surface area contributed by atoms with Gasteiger partial charge in [-0.25, -0.2) is 0 Å². The van der Waals surface area contributed by atoms with E-state index in [1.54, 1.807) is 0 Å². The number of amides is 1. The van der Waals surface area contributed by atoms with E-state index in [0.29, 0.717) is 18.3 Å². The number of carbonyl (C=O) groups is 1. The third-order valence-electron chi connectivity index (χ3n) is 5.38. The molecule has 1 aliphatic heterocycles. The molecule has 0 spiro atoms. The maximum absolute atomic E-state index is 12.4. The van der Waals surface area contributed by atoms with Crippen LogP contribution in [0.15, 0.2) is 0 Å². The Bertz CT molecular complexity index is 531. The average Bonchev–Trinajstić information content (AvgIpc) is 2.84. The Kier molecular flexibility index (Phi) is 5.19. The van der Waals surface area contributed by atoms with E-state index in [1.807, 2.05) is 11.3 Å². The van der Waals surface area contributed by atoms with Crippen molar-refractivity contribution in [2.24, 2.45) is 11.8 Å².